The quantitative estimate of drug-likeness (QED) is 0.768. The summed E-state index contributed by atoms with van der Waals surface area (Å²) in [7, 11) is 1.46. The van der Waals surface area contributed by atoms with Crippen LogP contribution < -0.4 is 14.8 Å². The number of aromatic nitrogens is 1. The number of carbonyl (C=O) groups is 2. The molecule has 0 aliphatic carbocycles. The molecule has 0 bridgehead atoms. The fourth-order valence-electron chi connectivity index (χ4n) is 2.19. The van der Waals surface area contributed by atoms with Gasteiger partial charge in [-0.05, 0) is 37.6 Å². The molecule has 2 aromatic rings. The molecule has 1 aromatic carbocycles. The van der Waals surface area contributed by atoms with E-state index in [0.717, 1.165) is 0 Å². The molecule has 1 heterocycles. The van der Waals surface area contributed by atoms with Crippen LogP contribution in [0, 0.1) is 0 Å². The van der Waals surface area contributed by atoms with Gasteiger partial charge in [-0.3, -0.25) is 4.79 Å². The summed E-state index contributed by atoms with van der Waals surface area (Å²) in [6.07, 6.45) is 1.28. The van der Waals surface area contributed by atoms with E-state index < -0.39 is 17.9 Å². The predicted octanol–water partition coefficient (Wildman–Crippen LogP) is 3.09. The van der Waals surface area contributed by atoms with Crippen LogP contribution in [-0.2, 0) is 4.79 Å². The fraction of sp³-hybridized carbons (Fsp3) is 0.278. The number of pyridine rings is 1. The standard InChI is InChI=1S/C18H19ClN2O5/c1-10(2)26-15-7-5-12(9-20-15)17(22)21-16(18(23)24)11-4-6-14(25-3)13(19)8-11/h4-10,16H,1-3H3,(H,21,22)(H,23,24). The molecule has 1 unspecified atom stereocenters. The van der Waals surface area contributed by atoms with E-state index >= 15 is 0 Å². The summed E-state index contributed by atoms with van der Waals surface area (Å²) in [5.74, 6) is -0.996. The number of amides is 1. The Labute approximate surface area is 155 Å². The molecule has 1 amide bonds. The lowest BCUT2D eigenvalue weighted by Crippen LogP contribution is -2.33. The zero-order chi connectivity index (χ0) is 19.3. The Balaban J connectivity index is 2.18. The van der Waals surface area contributed by atoms with Crippen molar-refractivity contribution in [2.75, 3.05) is 7.11 Å². The third-order valence-corrected chi connectivity index (χ3v) is 3.68. The summed E-state index contributed by atoms with van der Waals surface area (Å²) in [6.45, 7) is 3.72. The first-order valence-electron chi connectivity index (χ1n) is 7.81. The van der Waals surface area contributed by atoms with Gasteiger partial charge in [0, 0.05) is 12.3 Å². The smallest absolute Gasteiger partial charge is 0.330 e. The predicted molar refractivity (Wildman–Crippen MR) is 95.8 cm³/mol. The molecule has 2 N–H and O–H groups in total. The van der Waals surface area contributed by atoms with Crippen molar-refractivity contribution in [2.45, 2.75) is 26.0 Å². The topological polar surface area (TPSA) is 97.8 Å². The number of carboxylic acid groups (broad SMARTS) is 1. The number of benzene rings is 1. The molecule has 26 heavy (non-hydrogen) atoms. The first kappa shape index (κ1) is 19.5. The Bertz CT molecular complexity index is 793. The summed E-state index contributed by atoms with van der Waals surface area (Å²) in [5, 5.41) is 12.2. The molecule has 1 atom stereocenters. The second-order valence-corrected chi connectivity index (χ2v) is 6.10. The van der Waals surface area contributed by atoms with Crippen molar-refractivity contribution in [3.63, 3.8) is 0 Å². The minimum atomic E-state index is -1.27. The van der Waals surface area contributed by atoms with Crippen LogP contribution in [0.25, 0.3) is 0 Å². The molecule has 0 aliphatic heterocycles. The number of rotatable bonds is 7. The second-order valence-electron chi connectivity index (χ2n) is 5.69. The molecule has 1 aromatic heterocycles. The van der Waals surface area contributed by atoms with Gasteiger partial charge in [0.2, 0.25) is 5.88 Å². The first-order chi connectivity index (χ1) is 12.3. The number of methoxy groups -OCH3 is 1. The molecule has 0 fully saturated rings. The molecule has 0 saturated carbocycles. The normalized spacial score (nSPS) is 11.7. The largest absolute Gasteiger partial charge is 0.495 e. The van der Waals surface area contributed by atoms with E-state index in [2.05, 4.69) is 10.3 Å². The van der Waals surface area contributed by atoms with Gasteiger partial charge < -0.3 is 19.9 Å². The highest BCUT2D eigenvalue weighted by molar-refractivity contribution is 6.32. The molecule has 0 saturated heterocycles. The first-order valence-corrected chi connectivity index (χ1v) is 8.19. The fourth-order valence-corrected chi connectivity index (χ4v) is 2.46. The van der Waals surface area contributed by atoms with Gasteiger partial charge >= 0.3 is 5.97 Å². The lowest BCUT2D eigenvalue weighted by molar-refractivity contribution is -0.139. The van der Waals surface area contributed by atoms with E-state index in [4.69, 9.17) is 21.1 Å². The van der Waals surface area contributed by atoms with Crippen molar-refractivity contribution in [3.8, 4) is 11.6 Å². The van der Waals surface area contributed by atoms with Gasteiger partial charge in [0.25, 0.3) is 5.91 Å². The summed E-state index contributed by atoms with van der Waals surface area (Å²) in [6, 6.07) is 6.31. The number of halogens is 1. The third-order valence-electron chi connectivity index (χ3n) is 3.39. The lowest BCUT2D eigenvalue weighted by atomic mass is 10.1. The number of hydrogen-bond donors (Lipinski definition) is 2. The Morgan fingerprint density at radius 3 is 2.46 bits per heavy atom. The van der Waals surface area contributed by atoms with Crippen molar-refractivity contribution < 1.29 is 24.2 Å². The molecular formula is C18H19ClN2O5. The van der Waals surface area contributed by atoms with Gasteiger partial charge in [-0.15, -0.1) is 0 Å². The second kappa shape index (κ2) is 8.53. The average Bonchev–Trinajstić information content (AvgIpc) is 2.59. The highest BCUT2D eigenvalue weighted by Gasteiger charge is 2.24. The monoisotopic (exact) mass is 378 g/mol. The van der Waals surface area contributed by atoms with Crippen molar-refractivity contribution in [1.82, 2.24) is 10.3 Å². The average molecular weight is 379 g/mol. The van der Waals surface area contributed by atoms with Crippen LogP contribution >= 0.6 is 11.6 Å². The van der Waals surface area contributed by atoms with Crippen LogP contribution in [0.1, 0.15) is 35.8 Å². The minimum Gasteiger partial charge on any atom is -0.495 e. The van der Waals surface area contributed by atoms with Crippen molar-refractivity contribution in [2.24, 2.45) is 0 Å². The van der Waals surface area contributed by atoms with Crippen molar-refractivity contribution >= 4 is 23.5 Å². The third kappa shape index (κ3) is 4.86. The van der Waals surface area contributed by atoms with Crippen LogP contribution in [0.15, 0.2) is 36.5 Å². The van der Waals surface area contributed by atoms with Gasteiger partial charge in [-0.25, -0.2) is 9.78 Å². The van der Waals surface area contributed by atoms with E-state index in [1.165, 1.54) is 31.5 Å². The minimum absolute atomic E-state index is 0.0432. The number of hydrogen-bond acceptors (Lipinski definition) is 5. The summed E-state index contributed by atoms with van der Waals surface area (Å²) in [4.78, 5) is 28.0. The number of aliphatic carboxylic acids is 1. The highest BCUT2D eigenvalue weighted by Crippen LogP contribution is 2.28. The summed E-state index contributed by atoms with van der Waals surface area (Å²) < 4.78 is 10.5. The number of nitrogens with zero attached hydrogens (tertiary/aromatic N) is 1. The summed E-state index contributed by atoms with van der Waals surface area (Å²) >= 11 is 6.04. The summed E-state index contributed by atoms with van der Waals surface area (Å²) in [5.41, 5.74) is 0.538. The van der Waals surface area contributed by atoms with Crippen LogP contribution in [0.4, 0.5) is 0 Å². The van der Waals surface area contributed by atoms with E-state index in [9.17, 15) is 14.7 Å². The Morgan fingerprint density at radius 2 is 1.96 bits per heavy atom. The van der Waals surface area contributed by atoms with E-state index in [0.29, 0.717) is 17.2 Å². The van der Waals surface area contributed by atoms with Gasteiger partial charge in [-0.2, -0.15) is 0 Å². The molecular weight excluding hydrogens is 360 g/mol. The van der Waals surface area contributed by atoms with E-state index in [-0.39, 0.29) is 16.7 Å². The van der Waals surface area contributed by atoms with E-state index in [1.54, 1.807) is 12.1 Å². The van der Waals surface area contributed by atoms with Crippen LogP contribution in [0.3, 0.4) is 0 Å². The maximum absolute atomic E-state index is 12.4. The number of carboxylic acids is 1. The van der Waals surface area contributed by atoms with Gasteiger partial charge in [0.1, 0.15) is 5.75 Å². The molecule has 0 aliphatic rings. The number of carbonyl (C=O) groups excluding carboxylic acids is 1. The lowest BCUT2D eigenvalue weighted by Gasteiger charge is -2.16. The van der Waals surface area contributed by atoms with Crippen molar-refractivity contribution in [3.05, 3.63) is 52.7 Å². The van der Waals surface area contributed by atoms with Gasteiger partial charge in [0.15, 0.2) is 6.04 Å². The molecule has 0 radical (unpaired) electrons. The number of nitrogens with one attached hydrogen (secondary N) is 1. The number of ether oxygens (including phenoxy) is 2. The molecule has 8 heteroatoms. The van der Waals surface area contributed by atoms with Gasteiger partial charge in [0.05, 0.1) is 23.8 Å². The molecule has 2 rings (SSSR count). The maximum atomic E-state index is 12.4. The van der Waals surface area contributed by atoms with Crippen LogP contribution in [-0.4, -0.2) is 35.2 Å². The Hall–Kier alpha value is -2.80. The van der Waals surface area contributed by atoms with Crippen molar-refractivity contribution in [1.29, 1.82) is 0 Å². The highest BCUT2D eigenvalue weighted by atomic mass is 35.5. The molecule has 7 nitrogen and oxygen atoms in total. The zero-order valence-corrected chi connectivity index (χ0v) is 15.3. The SMILES string of the molecule is COc1ccc(C(NC(=O)c2ccc(OC(C)C)nc2)C(=O)O)cc1Cl. The maximum Gasteiger partial charge on any atom is 0.330 e. The zero-order valence-electron chi connectivity index (χ0n) is 14.5. The van der Waals surface area contributed by atoms with E-state index in [1.807, 2.05) is 13.8 Å². The van der Waals surface area contributed by atoms with Crippen LogP contribution in [0.5, 0.6) is 11.6 Å². The Kier molecular flexibility index (Phi) is 6.41. The van der Waals surface area contributed by atoms with Crippen LogP contribution in [0.2, 0.25) is 5.02 Å². The van der Waals surface area contributed by atoms with Gasteiger partial charge in [-0.1, -0.05) is 17.7 Å². The Morgan fingerprint density at radius 1 is 1.23 bits per heavy atom. The molecule has 0 spiro atoms. The molecule has 138 valence electrons.